The van der Waals surface area contributed by atoms with E-state index in [1.165, 1.54) is 17.8 Å². The number of nitrogens with zero attached hydrogens (tertiary/aromatic N) is 1. The quantitative estimate of drug-likeness (QED) is 0.765. The molecule has 0 aliphatic heterocycles. The van der Waals surface area contributed by atoms with Crippen LogP contribution in [0.5, 0.6) is 0 Å². The summed E-state index contributed by atoms with van der Waals surface area (Å²) in [6.07, 6.45) is 3.46. The fourth-order valence-corrected chi connectivity index (χ4v) is 2.44. The molecule has 2 aromatic rings. The van der Waals surface area contributed by atoms with E-state index in [1.54, 1.807) is 31.6 Å². The molecule has 0 aliphatic rings. The number of hydrogen-bond donors (Lipinski definition) is 2. The number of methoxy groups -OCH3 is 1. The average molecular weight is 281 g/mol. The van der Waals surface area contributed by atoms with Crippen molar-refractivity contribution in [2.75, 3.05) is 20.3 Å². The maximum absolute atomic E-state index is 13.3. The SMILES string of the molecule is COCCNCc1cc(F)ccc1Sc1ncc[nH]1. The lowest BCUT2D eigenvalue weighted by Crippen LogP contribution is -2.19. The summed E-state index contributed by atoms with van der Waals surface area (Å²) in [5, 5.41) is 4.01. The standard InChI is InChI=1S/C13H16FN3OS/c1-18-7-6-15-9-10-8-11(14)2-3-12(10)19-13-16-4-5-17-13/h2-5,8,15H,6-7,9H2,1H3,(H,16,17). The molecule has 2 N–H and O–H groups in total. The Bertz CT molecular complexity index is 505. The first-order valence-electron chi connectivity index (χ1n) is 5.95. The summed E-state index contributed by atoms with van der Waals surface area (Å²) in [4.78, 5) is 8.17. The summed E-state index contributed by atoms with van der Waals surface area (Å²) in [5.41, 5.74) is 0.914. The molecule has 0 fully saturated rings. The van der Waals surface area contributed by atoms with Crippen molar-refractivity contribution in [2.24, 2.45) is 0 Å². The molecule has 1 aromatic carbocycles. The van der Waals surface area contributed by atoms with Crippen molar-refractivity contribution in [1.29, 1.82) is 0 Å². The van der Waals surface area contributed by atoms with Gasteiger partial charge in [-0.05, 0) is 23.8 Å². The molecule has 0 amide bonds. The van der Waals surface area contributed by atoms with E-state index in [2.05, 4.69) is 15.3 Å². The number of rotatable bonds is 7. The normalized spacial score (nSPS) is 10.8. The van der Waals surface area contributed by atoms with Crippen LogP contribution in [-0.4, -0.2) is 30.2 Å². The third-order valence-corrected chi connectivity index (χ3v) is 3.54. The van der Waals surface area contributed by atoms with Gasteiger partial charge in [0, 0.05) is 37.5 Å². The van der Waals surface area contributed by atoms with Crippen LogP contribution < -0.4 is 5.32 Å². The van der Waals surface area contributed by atoms with Crippen LogP contribution >= 0.6 is 11.8 Å². The van der Waals surface area contributed by atoms with Gasteiger partial charge in [0.25, 0.3) is 0 Å². The fourth-order valence-electron chi connectivity index (χ4n) is 1.59. The van der Waals surface area contributed by atoms with Gasteiger partial charge < -0.3 is 15.0 Å². The molecule has 0 bridgehead atoms. The van der Waals surface area contributed by atoms with Gasteiger partial charge in [-0.2, -0.15) is 0 Å². The molecule has 0 saturated carbocycles. The van der Waals surface area contributed by atoms with Crippen molar-refractivity contribution >= 4 is 11.8 Å². The van der Waals surface area contributed by atoms with E-state index in [0.29, 0.717) is 13.2 Å². The zero-order valence-corrected chi connectivity index (χ0v) is 11.5. The van der Waals surface area contributed by atoms with Crippen molar-refractivity contribution in [1.82, 2.24) is 15.3 Å². The van der Waals surface area contributed by atoms with Crippen LogP contribution in [-0.2, 0) is 11.3 Å². The lowest BCUT2D eigenvalue weighted by molar-refractivity contribution is 0.199. The maximum Gasteiger partial charge on any atom is 0.170 e. The van der Waals surface area contributed by atoms with E-state index in [-0.39, 0.29) is 5.82 Å². The van der Waals surface area contributed by atoms with Crippen LogP contribution in [0.25, 0.3) is 0 Å². The van der Waals surface area contributed by atoms with Crippen LogP contribution in [0.1, 0.15) is 5.56 Å². The monoisotopic (exact) mass is 281 g/mol. The second-order valence-corrected chi connectivity index (χ2v) is 4.95. The number of halogens is 1. The molecule has 0 radical (unpaired) electrons. The van der Waals surface area contributed by atoms with Crippen molar-refractivity contribution in [3.63, 3.8) is 0 Å². The van der Waals surface area contributed by atoms with Gasteiger partial charge >= 0.3 is 0 Å². The first-order valence-corrected chi connectivity index (χ1v) is 6.76. The predicted octanol–water partition coefficient (Wildman–Crippen LogP) is 2.44. The minimum Gasteiger partial charge on any atom is -0.383 e. The van der Waals surface area contributed by atoms with Gasteiger partial charge in [0.15, 0.2) is 5.16 Å². The molecule has 6 heteroatoms. The molecule has 19 heavy (non-hydrogen) atoms. The molecule has 4 nitrogen and oxygen atoms in total. The van der Waals surface area contributed by atoms with Gasteiger partial charge in [-0.15, -0.1) is 0 Å². The number of imidazole rings is 1. The number of hydrogen-bond acceptors (Lipinski definition) is 4. The summed E-state index contributed by atoms with van der Waals surface area (Å²) in [7, 11) is 1.65. The molecule has 1 heterocycles. The number of benzene rings is 1. The van der Waals surface area contributed by atoms with E-state index in [9.17, 15) is 4.39 Å². The van der Waals surface area contributed by atoms with Crippen molar-refractivity contribution in [3.8, 4) is 0 Å². The lowest BCUT2D eigenvalue weighted by Gasteiger charge is -2.09. The predicted molar refractivity (Wildman–Crippen MR) is 72.7 cm³/mol. The molecule has 1 aromatic heterocycles. The maximum atomic E-state index is 13.3. The van der Waals surface area contributed by atoms with Gasteiger partial charge in [-0.3, -0.25) is 0 Å². The minimum atomic E-state index is -0.229. The second kappa shape index (κ2) is 7.28. The van der Waals surface area contributed by atoms with E-state index < -0.39 is 0 Å². The van der Waals surface area contributed by atoms with Gasteiger partial charge in [-0.1, -0.05) is 11.8 Å². The number of aromatic nitrogens is 2. The molecule has 0 aliphatic carbocycles. The molecule has 2 rings (SSSR count). The van der Waals surface area contributed by atoms with Crippen molar-refractivity contribution < 1.29 is 9.13 Å². The zero-order chi connectivity index (χ0) is 13.5. The molecular weight excluding hydrogens is 265 g/mol. The average Bonchev–Trinajstić information content (AvgIpc) is 2.90. The number of ether oxygens (including phenoxy) is 1. The van der Waals surface area contributed by atoms with E-state index >= 15 is 0 Å². The smallest absolute Gasteiger partial charge is 0.170 e. The Hall–Kier alpha value is -1.37. The van der Waals surface area contributed by atoms with Crippen LogP contribution in [0.15, 0.2) is 40.6 Å². The van der Waals surface area contributed by atoms with Crippen molar-refractivity contribution in [2.45, 2.75) is 16.6 Å². The zero-order valence-electron chi connectivity index (χ0n) is 10.6. The van der Waals surface area contributed by atoms with Crippen LogP contribution in [0.4, 0.5) is 4.39 Å². The topological polar surface area (TPSA) is 49.9 Å². The summed E-state index contributed by atoms with van der Waals surface area (Å²) in [6.45, 7) is 1.97. The number of aromatic amines is 1. The van der Waals surface area contributed by atoms with Crippen LogP contribution in [0.3, 0.4) is 0 Å². The Balaban J connectivity index is 2.04. The van der Waals surface area contributed by atoms with Gasteiger partial charge in [0.05, 0.1) is 6.61 Å². The third-order valence-electron chi connectivity index (χ3n) is 2.50. The first-order chi connectivity index (χ1) is 9.29. The first kappa shape index (κ1) is 14.0. The molecular formula is C13H16FN3OS. The highest BCUT2D eigenvalue weighted by Gasteiger charge is 2.07. The van der Waals surface area contributed by atoms with Gasteiger partial charge in [-0.25, -0.2) is 9.37 Å². The van der Waals surface area contributed by atoms with E-state index in [0.717, 1.165) is 22.2 Å². The highest BCUT2D eigenvalue weighted by Crippen LogP contribution is 2.28. The Kier molecular flexibility index (Phi) is 5.38. The Morgan fingerprint density at radius 2 is 2.37 bits per heavy atom. The Morgan fingerprint density at radius 1 is 1.47 bits per heavy atom. The highest BCUT2D eigenvalue weighted by molar-refractivity contribution is 7.99. The van der Waals surface area contributed by atoms with Crippen molar-refractivity contribution in [3.05, 3.63) is 42.0 Å². The van der Waals surface area contributed by atoms with E-state index in [4.69, 9.17) is 4.74 Å². The Labute approximate surface area is 115 Å². The van der Waals surface area contributed by atoms with E-state index in [1.807, 2.05) is 0 Å². The largest absolute Gasteiger partial charge is 0.383 e. The summed E-state index contributed by atoms with van der Waals surface area (Å²) >= 11 is 1.49. The van der Waals surface area contributed by atoms with Gasteiger partial charge in [0.2, 0.25) is 0 Å². The summed E-state index contributed by atoms with van der Waals surface area (Å²) in [5.74, 6) is -0.229. The number of nitrogens with one attached hydrogen (secondary N) is 2. The fraction of sp³-hybridized carbons (Fsp3) is 0.308. The summed E-state index contributed by atoms with van der Waals surface area (Å²) < 4.78 is 18.3. The van der Waals surface area contributed by atoms with Gasteiger partial charge in [0.1, 0.15) is 5.82 Å². The third kappa shape index (κ3) is 4.34. The molecule has 0 unspecified atom stereocenters. The molecule has 0 saturated heterocycles. The van der Waals surface area contributed by atoms with Crippen LogP contribution in [0, 0.1) is 5.82 Å². The minimum absolute atomic E-state index is 0.229. The summed E-state index contributed by atoms with van der Waals surface area (Å²) in [6, 6.07) is 4.78. The molecule has 102 valence electrons. The number of H-pyrrole nitrogens is 1. The highest BCUT2D eigenvalue weighted by atomic mass is 32.2. The van der Waals surface area contributed by atoms with Crippen LogP contribution in [0.2, 0.25) is 0 Å². The Morgan fingerprint density at radius 3 is 3.11 bits per heavy atom. The second-order valence-electron chi connectivity index (χ2n) is 3.92. The lowest BCUT2D eigenvalue weighted by atomic mass is 10.2. The molecule has 0 atom stereocenters. The molecule has 0 spiro atoms.